The van der Waals surface area contributed by atoms with Crippen LogP contribution in [0.1, 0.15) is 49.9 Å². The molecule has 0 spiro atoms. The molecule has 1 aromatic carbocycles. The van der Waals surface area contributed by atoms with Crippen LogP contribution in [0.25, 0.3) is 10.9 Å². The Kier molecular flexibility index (Phi) is 6.83. The molecule has 0 unspecified atom stereocenters. The Morgan fingerprint density at radius 2 is 1.87 bits per heavy atom. The van der Waals surface area contributed by atoms with E-state index in [4.69, 9.17) is 0 Å². The number of aromatic amines is 1. The molecular weight excluding hydrogens is 372 g/mol. The molecule has 2 aliphatic heterocycles. The van der Waals surface area contributed by atoms with Crippen LogP contribution in [-0.2, 0) is 6.54 Å². The van der Waals surface area contributed by atoms with Crippen molar-refractivity contribution in [3.8, 4) is 0 Å². The van der Waals surface area contributed by atoms with E-state index in [1.807, 2.05) is 0 Å². The quantitative estimate of drug-likeness (QED) is 0.762. The van der Waals surface area contributed by atoms with Crippen molar-refractivity contribution >= 4 is 10.9 Å². The molecule has 0 radical (unpaired) electrons. The molecule has 2 aromatic rings. The van der Waals surface area contributed by atoms with Crippen molar-refractivity contribution in [2.24, 2.45) is 0 Å². The summed E-state index contributed by atoms with van der Waals surface area (Å²) in [7, 11) is 0. The minimum absolute atomic E-state index is 0.282. The molecule has 1 aromatic heterocycles. The normalized spacial score (nSPS) is 23.1. The molecule has 166 valence electrons. The van der Waals surface area contributed by atoms with E-state index in [1.54, 1.807) is 0 Å². The van der Waals surface area contributed by atoms with Crippen LogP contribution in [0, 0.1) is 13.8 Å². The second-order valence-electron chi connectivity index (χ2n) is 9.73. The number of nitrogens with zero attached hydrogens (tertiary/aromatic N) is 3. The Hall–Kier alpha value is -1.40. The molecule has 0 bridgehead atoms. The van der Waals surface area contributed by atoms with E-state index in [9.17, 15) is 5.11 Å². The first-order valence-corrected chi connectivity index (χ1v) is 11.9. The van der Waals surface area contributed by atoms with Crippen molar-refractivity contribution < 1.29 is 5.11 Å². The standard InChI is InChI=1S/C25H40N4O/c1-18(2)28-11-8-21(9-12-28)29-14-13-27(16-22(29)10-15-30)17-24-20(4)23-7-5-6-19(3)25(23)26-24/h5-7,18,21-22,26,30H,8-17H2,1-4H3/t22-/m0/s1. The first kappa shape index (κ1) is 21.8. The predicted octanol–water partition coefficient (Wildman–Crippen LogP) is 3.53. The molecule has 1 atom stereocenters. The van der Waals surface area contributed by atoms with Gasteiger partial charge in [-0.3, -0.25) is 9.80 Å². The fraction of sp³-hybridized carbons (Fsp3) is 0.680. The number of benzene rings is 1. The lowest BCUT2D eigenvalue weighted by Crippen LogP contribution is -2.58. The van der Waals surface area contributed by atoms with Gasteiger partial charge in [0.2, 0.25) is 0 Å². The van der Waals surface area contributed by atoms with Crippen molar-refractivity contribution in [2.75, 3.05) is 39.3 Å². The summed E-state index contributed by atoms with van der Waals surface area (Å²) in [5.74, 6) is 0. The van der Waals surface area contributed by atoms with Gasteiger partial charge < -0.3 is 15.0 Å². The third kappa shape index (κ3) is 4.45. The Bertz CT molecular complexity index is 837. The maximum absolute atomic E-state index is 9.74. The van der Waals surface area contributed by atoms with Crippen molar-refractivity contribution in [3.63, 3.8) is 0 Å². The topological polar surface area (TPSA) is 45.7 Å². The summed E-state index contributed by atoms with van der Waals surface area (Å²) < 4.78 is 0. The van der Waals surface area contributed by atoms with Gasteiger partial charge in [-0.15, -0.1) is 0 Å². The van der Waals surface area contributed by atoms with Gasteiger partial charge in [0.15, 0.2) is 0 Å². The number of aliphatic hydroxyl groups excluding tert-OH is 1. The van der Waals surface area contributed by atoms with Crippen LogP contribution in [0.5, 0.6) is 0 Å². The van der Waals surface area contributed by atoms with E-state index in [1.165, 1.54) is 53.7 Å². The number of rotatable bonds is 6. The fourth-order valence-electron chi connectivity index (χ4n) is 5.63. The molecule has 30 heavy (non-hydrogen) atoms. The van der Waals surface area contributed by atoms with E-state index in [-0.39, 0.29) is 6.61 Å². The highest BCUT2D eigenvalue weighted by Gasteiger charge is 2.34. The molecule has 2 saturated heterocycles. The summed E-state index contributed by atoms with van der Waals surface area (Å²) in [6, 6.07) is 8.36. The Labute approximate surface area is 182 Å². The second kappa shape index (κ2) is 9.39. The van der Waals surface area contributed by atoms with Crippen LogP contribution in [0.15, 0.2) is 18.2 Å². The van der Waals surface area contributed by atoms with Gasteiger partial charge in [-0.05, 0) is 71.2 Å². The summed E-state index contributed by atoms with van der Waals surface area (Å²) in [4.78, 5) is 11.6. The number of para-hydroxylation sites is 1. The van der Waals surface area contributed by atoms with E-state index in [0.717, 1.165) is 32.6 Å². The molecule has 0 aliphatic carbocycles. The average molecular weight is 413 g/mol. The first-order valence-electron chi connectivity index (χ1n) is 11.9. The number of fused-ring (bicyclic) bond motifs is 1. The van der Waals surface area contributed by atoms with Crippen LogP contribution in [-0.4, -0.2) is 82.2 Å². The maximum Gasteiger partial charge on any atom is 0.0488 e. The Morgan fingerprint density at radius 1 is 1.10 bits per heavy atom. The smallest absolute Gasteiger partial charge is 0.0488 e. The number of aliphatic hydroxyl groups is 1. The summed E-state index contributed by atoms with van der Waals surface area (Å²) in [5.41, 5.74) is 5.33. The number of likely N-dealkylation sites (tertiary alicyclic amines) is 1. The maximum atomic E-state index is 9.74. The van der Waals surface area contributed by atoms with Crippen LogP contribution in [0.2, 0.25) is 0 Å². The third-order valence-corrected chi connectivity index (χ3v) is 7.56. The Balaban J connectivity index is 1.42. The van der Waals surface area contributed by atoms with E-state index >= 15 is 0 Å². The second-order valence-corrected chi connectivity index (χ2v) is 9.73. The van der Waals surface area contributed by atoms with Crippen LogP contribution < -0.4 is 0 Å². The molecule has 2 aliphatic rings. The number of aryl methyl sites for hydroxylation is 2. The number of nitrogens with one attached hydrogen (secondary N) is 1. The lowest BCUT2D eigenvalue weighted by atomic mass is 9.97. The molecule has 2 N–H and O–H groups in total. The molecule has 5 nitrogen and oxygen atoms in total. The first-order chi connectivity index (χ1) is 14.5. The van der Waals surface area contributed by atoms with Gasteiger partial charge in [0, 0.05) is 67.5 Å². The number of piperazine rings is 1. The van der Waals surface area contributed by atoms with Crippen molar-refractivity contribution in [1.29, 1.82) is 0 Å². The van der Waals surface area contributed by atoms with Crippen molar-refractivity contribution in [1.82, 2.24) is 19.7 Å². The zero-order valence-electron chi connectivity index (χ0n) is 19.3. The number of hydrogen-bond acceptors (Lipinski definition) is 4. The number of H-pyrrole nitrogens is 1. The number of piperidine rings is 1. The highest BCUT2D eigenvalue weighted by molar-refractivity contribution is 5.86. The summed E-state index contributed by atoms with van der Waals surface area (Å²) in [5, 5.41) is 11.1. The Morgan fingerprint density at radius 3 is 2.53 bits per heavy atom. The summed E-state index contributed by atoms with van der Waals surface area (Å²) in [6.07, 6.45) is 3.41. The number of aromatic nitrogens is 1. The van der Waals surface area contributed by atoms with Crippen molar-refractivity contribution in [3.05, 3.63) is 35.0 Å². The molecule has 2 fully saturated rings. The average Bonchev–Trinajstić information content (AvgIpc) is 3.06. The largest absolute Gasteiger partial charge is 0.396 e. The minimum Gasteiger partial charge on any atom is -0.396 e. The van der Waals surface area contributed by atoms with Gasteiger partial charge in [0.05, 0.1) is 0 Å². The minimum atomic E-state index is 0.282. The van der Waals surface area contributed by atoms with Gasteiger partial charge >= 0.3 is 0 Å². The molecule has 0 saturated carbocycles. The predicted molar refractivity (Wildman–Crippen MR) is 125 cm³/mol. The molecule has 3 heterocycles. The number of hydrogen-bond donors (Lipinski definition) is 2. The molecule has 5 heteroatoms. The zero-order valence-corrected chi connectivity index (χ0v) is 19.3. The molecular formula is C25H40N4O. The monoisotopic (exact) mass is 412 g/mol. The van der Waals surface area contributed by atoms with Crippen LogP contribution >= 0.6 is 0 Å². The molecule has 0 amide bonds. The van der Waals surface area contributed by atoms with Gasteiger partial charge in [-0.1, -0.05) is 18.2 Å². The lowest BCUT2D eigenvalue weighted by Gasteiger charge is -2.48. The highest BCUT2D eigenvalue weighted by Crippen LogP contribution is 2.28. The van der Waals surface area contributed by atoms with Crippen LogP contribution in [0.3, 0.4) is 0 Å². The van der Waals surface area contributed by atoms with E-state index in [2.05, 4.69) is 65.6 Å². The van der Waals surface area contributed by atoms with Gasteiger partial charge in [-0.25, -0.2) is 0 Å². The van der Waals surface area contributed by atoms with Crippen LogP contribution in [0.4, 0.5) is 0 Å². The van der Waals surface area contributed by atoms with Gasteiger partial charge in [0.1, 0.15) is 0 Å². The fourth-order valence-corrected chi connectivity index (χ4v) is 5.63. The summed E-state index contributed by atoms with van der Waals surface area (Å²) in [6.45, 7) is 16.0. The summed E-state index contributed by atoms with van der Waals surface area (Å²) >= 11 is 0. The van der Waals surface area contributed by atoms with Crippen molar-refractivity contribution in [2.45, 2.75) is 71.6 Å². The molecule has 4 rings (SSSR count). The zero-order chi connectivity index (χ0) is 21.3. The third-order valence-electron chi connectivity index (χ3n) is 7.56. The SMILES string of the molecule is Cc1c(CN2CCN(C3CCN(C(C)C)CC3)[C@@H](CCO)C2)[nH]c2c(C)cccc12. The van der Waals surface area contributed by atoms with E-state index < -0.39 is 0 Å². The lowest BCUT2D eigenvalue weighted by molar-refractivity contribution is -0.000332. The van der Waals surface area contributed by atoms with Gasteiger partial charge in [0.25, 0.3) is 0 Å². The highest BCUT2D eigenvalue weighted by atomic mass is 16.3. The van der Waals surface area contributed by atoms with E-state index in [0.29, 0.717) is 18.1 Å². The van der Waals surface area contributed by atoms with Gasteiger partial charge in [-0.2, -0.15) is 0 Å².